The number of carbonyl (C=O) groups is 1. The molecule has 0 aliphatic carbocycles. The Kier molecular flexibility index (Phi) is 4.54. The van der Waals surface area contributed by atoms with Crippen LogP contribution in [0.25, 0.3) is 10.9 Å². The number of aryl methyl sites for hydroxylation is 1. The first-order chi connectivity index (χ1) is 9.52. The van der Waals surface area contributed by atoms with Gasteiger partial charge in [0.15, 0.2) is 0 Å². The average molecular weight is 338 g/mol. The van der Waals surface area contributed by atoms with E-state index >= 15 is 0 Å². The maximum atomic E-state index is 12.3. The van der Waals surface area contributed by atoms with Crippen molar-refractivity contribution < 1.29 is 4.79 Å². The zero-order valence-electron chi connectivity index (χ0n) is 11.4. The molecule has 106 valence electrons. The van der Waals surface area contributed by atoms with Crippen molar-refractivity contribution in [3.63, 3.8) is 0 Å². The van der Waals surface area contributed by atoms with Crippen molar-refractivity contribution in [2.75, 3.05) is 7.05 Å². The number of nitrogens with one attached hydrogen (secondary N) is 1. The minimum absolute atomic E-state index is 0.0189. The monoisotopic (exact) mass is 337 g/mol. The van der Waals surface area contributed by atoms with Crippen LogP contribution in [0.2, 0.25) is 0 Å². The number of carbonyl (C=O) groups excluding carboxylic acids is 1. The largest absolute Gasteiger partial charge is 0.359 e. The zero-order valence-corrected chi connectivity index (χ0v) is 13.0. The smallest absolute Gasteiger partial charge is 0.261 e. The lowest BCUT2D eigenvalue weighted by Crippen LogP contribution is -2.28. The maximum absolute atomic E-state index is 12.3. The molecular weight excluding hydrogens is 322 g/mol. The van der Waals surface area contributed by atoms with Crippen LogP contribution in [0.5, 0.6) is 0 Å². The van der Waals surface area contributed by atoms with E-state index in [-0.39, 0.29) is 17.4 Å². The number of rotatable bonds is 4. The summed E-state index contributed by atoms with van der Waals surface area (Å²) in [5.74, 6) is -0.153. The van der Waals surface area contributed by atoms with Crippen LogP contribution in [0.15, 0.2) is 33.8 Å². The Bertz CT molecular complexity index is 696. The van der Waals surface area contributed by atoms with Gasteiger partial charge < -0.3 is 5.32 Å². The average Bonchev–Trinajstić information content (AvgIpc) is 2.46. The van der Waals surface area contributed by atoms with Gasteiger partial charge in [0.25, 0.3) is 5.56 Å². The van der Waals surface area contributed by atoms with Crippen molar-refractivity contribution in [1.29, 1.82) is 0 Å². The second-order valence-electron chi connectivity index (χ2n) is 4.71. The van der Waals surface area contributed by atoms with E-state index in [4.69, 9.17) is 0 Å². The summed E-state index contributed by atoms with van der Waals surface area (Å²) < 4.78 is 2.40. The number of halogens is 1. The second-order valence-corrected chi connectivity index (χ2v) is 5.62. The molecule has 2 rings (SSSR count). The molecule has 1 unspecified atom stereocenters. The molecular formula is C14H16BrN3O2. The molecule has 1 atom stereocenters. The summed E-state index contributed by atoms with van der Waals surface area (Å²) in [5.41, 5.74) is 0.592. The van der Waals surface area contributed by atoms with Crippen molar-refractivity contribution in [2.45, 2.75) is 19.9 Å². The minimum Gasteiger partial charge on any atom is -0.359 e. The fourth-order valence-corrected chi connectivity index (χ4v) is 2.36. The highest BCUT2D eigenvalue weighted by atomic mass is 79.9. The normalized spacial score (nSPS) is 12.3. The lowest BCUT2D eigenvalue weighted by Gasteiger charge is -2.11. The van der Waals surface area contributed by atoms with E-state index in [1.54, 1.807) is 23.7 Å². The Morgan fingerprint density at radius 2 is 2.25 bits per heavy atom. The summed E-state index contributed by atoms with van der Waals surface area (Å²) in [6, 6.07) is 5.43. The van der Waals surface area contributed by atoms with E-state index in [1.807, 2.05) is 13.0 Å². The third kappa shape index (κ3) is 3.07. The first-order valence-corrected chi connectivity index (χ1v) is 7.18. The van der Waals surface area contributed by atoms with Crippen molar-refractivity contribution >= 4 is 32.7 Å². The number of amides is 1. The molecule has 0 saturated carbocycles. The molecule has 6 heteroatoms. The second kappa shape index (κ2) is 6.17. The molecule has 5 nitrogen and oxygen atoms in total. The molecule has 0 bridgehead atoms. The topological polar surface area (TPSA) is 64.0 Å². The minimum atomic E-state index is -0.134. The number of hydrogen-bond donors (Lipinski definition) is 1. The van der Waals surface area contributed by atoms with E-state index in [0.717, 1.165) is 4.47 Å². The Morgan fingerprint density at radius 3 is 2.95 bits per heavy atom. The molecule has 1 amide bonds. The van der Waals surface area contributed by atoms with Crippen LogP contribution in [-0.2, 0) is 11.3 Å². The van der Waals surface area contributed by atoms with Gasteiger partial charge in [-0.3, -0.25) is 14.2 Å². The van der Waals surface area contributed by atoms with E-state index in [9.17, 15) is 9.59 Å². The Balaban J connectivity index is 2.25. The van der Waals surface area contributed by atoms with E-state index in [2.05, 4.69) is 26.2 Å². The number of aromatic nitrogens is 2. The fraction of sp³-hybridized carbons (Fsp3) is 0.357. The van der Waals surface area contributed by atoms with E-state index in [0.29, 0.717) is 23.9 Å². The molecule has 0 fully saturated rings. The highest BCUT2D eigenvalue weighted by Crippen LogP contribution is 2.15. The van der Waals surface area contributed by atoms with Crippen LogP contribution in [0, 0.1) is 5.92 Å². The summed E-state index contributed by atoms with van der Waals surface area (Å²) in [6.45, 7) is 2.32. The number of benzene rings is 1. The SMILES string of the molecule is CNC(=O)C(C)CCn1cnc2ccc(Br)cc2c1=O. The summed E-state index contributed by atoms with van der Waals surface area (Å²) in [6.07, 6.45) is 2.13. The maximum Gasteiger partial charge on any atom is 0.261 e. The first kappa shape index (κ1) is 14.7. The summed E-state index contributed by atoms with van der Waals surface area (Å²) in [7, 11) is 1.61. The number of hydrogen-bond acceptors (Lipinski definition) is 3. The van der Waals surface area contributed by atoms with Crippen molar-refractivity contribution in [2.24, 2.45) is 5.92 Å². The predicted molar refractivity (Wildman–Crippen MR) is 81.6 cm³/mol. The first-order valence-electron chi connectivity index (χ1n) is 6.39. The van der Waals surface area contributed by atoms with Crippen LogP contribution in [-0.4, -0.2) is 22.5 Å². The number of fused-ring (bicyclic) bond motifs is 1. The fourth-order valence-electron chi connectivity index (χ4n) is 2.00. The molecule has 2 aromatic rings. The quantitative estimate of drug-likeness (QED) is 0.927. The van der Waals surface area contributed by atoms with Gasteiger partial charge in [-0.25, -0.2) is 4.98 Å². The number of nitrogens with zero attached hydrogens (tertiary/aromatic N) is 2. The van der Waals surface area contributed by atoms with Gasteiger partial charge in [0.1, 0.15) is 0 Å². The summed E-state index contributed by atoms with van der Waals surface area (Å²) >= 11 is 3.35. The van der Waals surface area contributed by atoms with Gasteiger partial charge in [0.2, 0.25) is 5.91 Å². The lowest BCUT2D eigenvalue weighted by molar-refractivity contribution is -0.124. The van der Waals surface area contributed by atoms with Crippen LogP contribution in [0.1, 0.15) is 13.3 Å². The molecule has 1 N–H and O–H groups in total. The molecule has 0 radical (unpaired) electrons. The molecule has 0 saturated heterocycles. The molecule has 20 heavy (non-hydrogen) atoms. The third-order valence-electron chi connectivity index (χ3n) is 3.28. The summed E-state index contributed by atoms with van der Waals surface area (Å²) in [4.78, 5) is 28.1. The van der Waals surface area contributed by atoms with E-state index in [1.165, 1.54) is 6.33 Å². The Labute approximate surface area is 125 Å². The van der Waals surface area contributed by atoms with Gasteiger partial charge in [-0.15, -0.1) is 0 Å². The van der Waals surface area contributed by atoms with Crippen molar-refractivity contribution in [3.8, 4) is 0 Å². The van der Waals surface area contributed by atoms with Crippen LogP contribution < -0.4 is 10.9 Å². The van der Waals surface area contributed by atoms with Gasteiger partial charge in [-0.1, -0.05) is 22.9 Å². The van der Waals surface area contributed by atoms with Crippen LogP contribution in [0.4, 0.5) is 0 Å². The standard InChI is InChI=1S/C14H16BrN3O2/c1-9(13(19)16-2)5-6-18-8-17-12-4-3-10(15)7-11(12)14(18)20/h3-4,7-9H,5-6H2,1-2H3,(H,16,19). The highest BCUT2D eigenvalue weighted by molar-refractivity contribution is 9.10. The van der Waals surface area contributed by atoms with Crippen LogP contribution in [0.3, 0.4) is 0 Å². The van der Waals surface area contributed by atoms with Gasteiger partial charge in [-0.05, 0) is 24.6 Å². The van der Waals surface area contributed by atoms with E-state index < -0.39 is 0 Å². The van der Waals surface area contributed by atoms with Gasteiger partial charge in [-0.2, -0.15) is 0 Å². The van der Waals surface area contributed by atoms with Gasteiger partial charge in [0.05, 0.1) is 17.2 Å². The lowest BCUT2D eigenvalue weighted by atomic mass is 10.1. The summed E-state index contributed by atoms with van der Waals surface area (Å²) in [5, 5.41) is 3.18. The van der Waals surface area contributed by atoms with Crippen LogP contribution >= 0.6 is 15.9 Å². The predicted octanol–water partition coefficient (Wildman–Crippen LogP) is 1.93. The molecule has 1 aromatic carbocycles. The molecule has 1 aromatic heterocycles. The van der Waals surface area contributed by atoms with Crippen molar-refractivity contribution in [3.05, 3.63) is 39.4 Å². The van der Waals surface area contributed by atoms with Gasteiger partial charge >= 0.3 is 0 Å². The van der Waals surface area contributed by atoms with Crippen molar-refractivity contribution in [1.82, 2.24) is 14.9 Å². The molecule has 1 heterocycles. The Morgan fingerprint density at radius 1 is 1.50 bits per heavy atom. The zero-order chi connectivity index (χ0) is 14.7. The molecule has 0 aliphatic rings. The third-order valence-corrected chi connectivity index (χ3v) is 3.78. The van der Waals surface area contributed by atoms with Gasteiger partial charge in [0, 0.05) is 24.0 Å². The highest BCUT2D eigenvalue weighted by Gasteiger charge is 2.12. The molecule has 0 spiro atoms. The Hall–Kier alpha value is -1.69. The molecule has 0 aliphatic heterocycles.